The number of nitrogens with zero attached hydrogens (tertiary/aromatic N) is 1. The maximum atomic E-state index is 6.06. The summed E-state index contributed by atoms with van der Waals surface area (Å²) >= 11 is 0. The van der Waals surface area contributed by atoms with Crippen molar-refractivity contribution in [3.05, 3.63) is 60.9 Å². The Hall–Kier alpha value is -3.01. The fraction of sp³-hybridized carbons (Fsp3) is 0.0556. The molecule has 4 rings (SSSR count). The monoisotopic (exact) mass is 290 g/mol. The number of ether oxygens (including phenoxy) is 2. The molecule has 0 aliphatic rings. The number of pyridine rings is 1. The molecule has 4 aromatic rings. The Kier molecular flexibility index (Phi) is 2.93. The summed E-state index contributed by atoms with van der Waals surface area (Å²) < 4.78 is 11.3. The maximum Gasteiger partial charge on any atom is 0.138 e. The fourth-order valence-corrected chi connectivity index (χ4v) is 2.54. The van der Waals surface area contributed by atoms with Crippen molar-refractivity contribution in [2.24, 2.45) is 0 Å². The maximum absolute atomic E-state index is 6.06. The molecule has 0 saturated heterocycles. The van der Waals surface area contributed by atoms with Crippen LogP contribution in [0.25, 0.3) is 21.8 Å². The summed E-state index contributed by atoms with van der Waals surface area (Å²) in [7, 11) is 1.65. The standard InChI is InChI=1S/C18H14N2O2/c1-21-13-2-5-17-15(11-13)18(7-9-20-17)22-14-3-4-16-12(10-14)6-8-19-16/h2-11,19H,1H3. The van der Waals surface area contributed by atoms with Gasteiger partial charge >= 0.3 is 0 Å². The molecule has 0 fully saturated rings. The Morgan fingerprint density at radius 3 is 2.77 bits per heavy atom. The summed E-state index contributed by atoms with van der Waals surface area (Å²) in [6.07, 6.45) is 3.67. The number of aromatic nitrogens is 2. The minimum atomic E-state index is 0.763. The van der Waals surface area contributed by atoms with E-state index in [4.69, 9.17) is 9.47 Å². The van der Waals surface area contributed by atoms with Crippen molar-refractivity contribution in [3.63, 3.8) is 0 Å². The van der Waals surface area contributed by atoms with E-state index in [9.17, 15) is 0 Å². The summed E-state index contributed by atoms with van der Waals surface area (Å²) in [5.74, 6) is 2.34. The first-order valence-corrected chi connectivity index (χ1v) is 7.01. The number of methoxy groups -OCH3 is 1. The van der Waals surface area contributed by atoms with Gasteiger partial charge in [0, 0.05) is 28.7 Å². The minimum absolute atomic E-state index is 0.763. The number of hydrogen-bond donors (Lipinski definition) is 1. The zero-order valence-corrected chi connectivity index (χ0v) is 12.0. The topological polar surface area (TPSA) is 47.1 Å². The Morgan fingerprint density at radius 2 is 1.86 bits per heavy atom. The van der Waals surface area contributed by atoms with Crippen LogP contribution in [0.1, 0.15) is 0 Å². The van der Waals surface area contributed by atoms with Crippen molar-refractivity contribution in [1.82, 2.24) is 9.97 Å². The number of H-pyrrole nitrogens is 1. The van der Waals surface area contributed by atoms with Crippen LogP contribution in [0.2, 0.25) is 0 Å². The second-order valence-corrected chi connectivity index (χ2v) is 5.02. The number of benzene rings is 2. The molecule has 0 bridgehead atoms. The average molecular weight is 290 g/mol. The lowest BCUT2D eigenvalue weighted by atomic mass is 10.2. The summed E-state index contributed by atoms with van der Waals surface area (Å²) in [5, 5.41) is 2.05. The first kappa shape index (κ1) is 12.7. The van der Waals surface area contributed by atoms with E-state index in [1.807, 2.05) is 54.7 Å². The Labute approximate surface area is 127 Å². The second-order valence-electron chi connectivity index (χ2n) is 5.02. The first-order chi connectivity index (χ1) is 10.8. The molecule has 2 heterocycles. The Bertz CT molecular complexity index is 960. The van der Waals surface area contributed by atoms with Gasteiger partial charge in [-0.15, -0.1) is 0 Å². The van der Waals surface area contributed by atoms with E-state index in [2.05, 4.69) is 9.97 Å². The van der Waals surface area contributed by atoms with Crippen LogP contribution < -0.4 is 9.47 Å². The molecular weight excluding hydrogens is 276 g/mol. The minimum Gasteiger partial charge on any atom is -0.497 e. The SMILES string of the molecule is COc1ccc2nccc(Oc3ccc4[nH]ccc4c3)c2c1. The van der Waals surface area contributed by atoms with Crippen LogP contribution in [0.15, 0.2) is 60.9 Å². The molecule has 108 valence electrons. The van der Waals surface area contributed by atoms with Crippen molar-refractivity contribution in [3.8, 4) is 17.2 Å². The van der Waals surface area contributed by atoms with E-state index in [0.29, 0.717) is 0 Å². The molecule has 22 heavy (non-hydrogen) atoms. The van der Waals surface area contributed by atoms with Gasteiger partial charge in [-0.2, -0.15) is 0 Å². The number of aromatic amines is 1. The van der Waals surface area contributed by atoms with Crippen LogP contribution >= 0.6 is 0 Å². The van der Waals surface area contributed by atoms with Crippen LogP contribution in [-0.4, -0.2) is 17.1 Å². The lowest BCUT2D eigenvalue weighted by molar-refractivity contribution is 0.415. The summed E-state index contributed by atoms with van der Waals surface area (Å²) in [4.78, 5) is 7.53. The molecule has 0 spiro atoms. The quantitative estimate of drug-likeness (QED) is 0.603. The van der Waals surface area contributed by atoms with Gasteiger partial charge in [0.1, 0.15) is 17.2 Å². The summed E-state index contributed by atoms with van der Waals surface area (Å²) in [6, 6.07) is 15.6. The molecule has 0 saturated carbocycles. The number of hydrogen-bond acceptors (Lipinski definition) is 3. The number of nitrogens with one attached hydrogen (secondary N) is 1. The first-order valence-electron chi connectivity index (χ1n) is 7.01. The largest absolute Gasteiger partial charge is 0.497 e. The highest BCUT2D eigenvalue weighted by Gasteiger charge is 2.07. The zero-order chi connectivity index (χ0) is 14.9. The van der Waals surface area contributed by atoms with E-state index in [-0.39, 0.29) is 0 Å². The summed E-state index contributed by atoms with van der Waals surface area (Å²) in [6.45, 7) is 0. The van der Waals surface area contributed by atoms with Gasteiger partial charge in [0.15, 0.2) is 0 Å². The third kappa shape index (κ3) is 2.15. The molecule has 4 heteroatoms. The number of fused-ring (bicyclic) bond motifs is 2. The summed E-state index contributed by atoms with van der Waals surface area (Å²) in [5.41, 5.74) is 1.97. The molecule has 0 radical (unpaired) electrons. The van der Waals surface area contributed by atoms with Crippen molar-refractivity contribution in [1.29, 1.82) is 0 Å². The highest BCUT2D eigenvalue weighted by atomic mass is 16.5. The lowest BCUT2D eigenvalue weighted by Crippen LogP contribution is -1.89. The predicted molar refractivity (Wildman–Crippen MR) is 86.7 cm³/mol. The highest BCUT2D eigenvalue weighted by molar-refractivity contribution is 5.87. The van der Waals surface area contributed by atoms with Gasteiger partial charge < -0.3 is 14.5 Å². The highest BCUT2D eigenvalue weighted by Crippen LogP contribution is 2.32. The van der Waals surface area contributed by atoms with E-state index in [0.717, 1.165) is 39.1 Å². The molecule has 1 N–H and O–H groups in total. The molecule has 2 aromatic heterocycles. The van der Waals surface area contributed by atoms with Crippen LogP contribution in [0.5, 0.6) is 17.2 Å². The van der Waals surface area contributed by atoms with Gasteiger partial charge in [-0.3, -0.25) is 4.98 Å². The van der Waals surface area contributed by atoms with Crippen LogP contribution in [0.4, 0.5) is 0 Å². The Morgan fingerprint density at radius 1 is 0.955 bits per heavy atom. The van der Waals surface area contributed by atoms with Crippen LogP contribution in [0.3, 0.4) is 0 Å². The van der Waals surface area contributed by atoms with E-state index < -0.39 is 0 Å². The molecule has 0 unspecified atom stereocenters. The van der Waals surface area contributed by atoms with E-state index in [1.165, 1.54) is 0 Å². The Balaban J connectivity index is 1.79. The lowest BCUT2D eigenvalue weighted by Gasteiger charge is -2.10. The van der Waals surface area contributed by atoms with Gasteiger partial charge in [0.05, 0.1) is 12.6 Å². The van der Waals surface area contributed by atoms with Crippen molar-refractivity contribution in [2.75, 3.05) is 7.11 Å². The average Bonchev–Trinajstić information content (AvgIpc) is 3.02. The zero-order valence-electron chi connectivity index (χ0n) is 12.0. The van der Waals surface area contributed by atoms with Crippen LogP contribution in [-0.2, 0) is 0 Å². The second kappa shape index (κ2) is 5.07. The smallest absolute Gasteiger partial charge is 0.138 e. The van der Waals surface area contributed by atoms with Crippen molar-refractivity contribution in [2.45, 2.75) is 0 Å². The molecule has 2 aromatic carbocycles. The van der Waals surface area contributed by atoms with Gasteiger partial charge in [0.2, 0.25) is 0 Å². The molecule has 0 atom stereocenters. The van der Waals surface area contributed by atoms with Crippen LogP contribution in [0, 0.1) is 0 Å². The van der Waals surface area contributed by atoms with Crippen molar-refractivity contribution < 1.29 is 9.47 Å². The predicted octanol–water partition coefficient (Wildman–Crippen LogP) is 4.52. The van der Waals surface area contributed by atoms with Gasteiger partial charge in [0.25, 0.3) is 0 Å². The molecule has 0 aliphatic carbocycles. The fourth-order valence-electron chi connectivity index (χ4n) is 2.54. The number of rotatable bonds is 3. The molecule has 0 aliphatic heterocycles. The third-order valence-corrected chi connectivity index (χ3v) is 3.66. The van der Waals surface area contributed by atoms with Gasteiger partial charge in [-0.05, 0) is 48.5 Å². The van der Waals surface area contributed by atoms with Gasteiger partial charge in [-0.25, -0.2) is 0 Å². The third-order valence-electron chi connectivity index (χ3n) is 3.66. The molecule has 4 nitrogen and oxygen atoms in total. The van der Waals surface area contributed by atoms with E-state index >= 15 is 0 Å². The van der Waals surface area contributed by atoms with Gasteiger partial charge in [-0.1, -0.05) is 0 Å². The normalized spacial score (nSPS) is 11.0. The van der Waals surface area contributed by atoms with E-state index in [1.54, 1.807) is 13.3 Å². The molecule has 0 amide bonds. The van der Waals surface area contributed by atoms with Crippen molar-refractivity contribution >= 4 is 21.8 Å². The molecular formula is C18H14N2O2.